The molecule has 1 N–H and O–H groups in total. The van der Waals surface area contributed by atoms with Gasteiger partial charge in [-0.2, -0.15) is 0 Å². The second kappa shape index (κ2) is 9.32. The summed E-state index contributed by atoms with van der Waals surface area (Å²) in [6.07, 6.45) is 0. The van der Waals surface area contributed by atoms with E-state index in [1.54, 1.807) is 18.2 Å². The standard InChI is InChI=1S/C26H18O4S/c27-25(28)23-16-7-8-17-24(23)26(29)30-19-10-9-15-22(18-19)31(20-11-3-1-4-12-20)21-13-5-2-6-14-21/h1-18H/p+1. The molecule has 31 heavy (non-hydrogen) atoms. The van der Waals surface area contributed by atoms with Crippen LogP contribution in [-0.4, -0.2) is 17.0 Å². The molecule has 0 saturated carbocycles. The van der Waals surface area contributed by atoms with Crippen molar-refractivity contribution in [3.05, 3.63) is 120 Å². The highest BCUT2D eigenvalue weighted by atomic mass is 32.2. The normalized spacial score (nSPS) is 10.6. The maximum absolute atomic E-state index is 12.7. The van der Waals surface area contributed by atoms with E-state index in [-0.39, 0.29) is 22.0 Å². The van der Waals surface area contributed by atoms with Gasteiger partial charge in [-0.3, -0.25) is 0 Å². The summed E-state index contributed by atoms with van der Waals surface area (Å²) in [5.74, 6) is -1.50. The van der Waals surface area contributed by atoms with E-state index in [0.717, 1.165) is 14.7 Å². The molecular weight excluding hydrogens is 408 g/mol. The van der Waals surface area contributed by atoms with Crippen molar-refractivity contribution in [1.29, 1.82) is 0 Å². The van der Waals surface area contributed by atoms with Crippen molar-refractivity contribution < 1.29 is 19.4 Å². The van der Waals surface area contributed by atoms with E-state index in [1.807, 2.05) is 54.6 Å². The van der Waals surface area contributed by atoms with Crippen molar-refractivity contribution in [3.63, 3.8) is 0 Å². The van der Waals surface area contributed by atoms with Gasteiger partial charge in [-0.15, -0.1) is 0 Å². The van der Waals surface area contributed by atoms with Gasteiger partial charge in [0.25, 0.3) is 0 Å². The van der Waals surface area contributed by atoms with Crippen LogP contribution in [0.2, 0.25) is 0 Å². The van der Waals surface area contributed by atoms with Crippen molar-refractivity contribution in [1.82, 2.24) is 0 Å². The topological polar surface area (TPSA) is 63.6 Å². The summed E-state index contributed by atoms with van der Waals surface area (Å²) in [5, 5.41) is 9.34. The number of ether oxygens (including phenoxy) is 1. The maximum atomic E-state index is 12.7. The molecular formula is C26H19O4S+. The van der Waals surface area contributed by atoms with Crippen molar-refractivity contribution >= 4 is 22.8 Å². The molecule has 0 amide bonds. The minimum atomic E-state index is -1.17. The predicted octanol–water partition coefficient (Wildman–Crippen LogP) is 5.70. The Morgan fingerprint density at radius 2 is 1.13 bits per heavy atom. The molecule has 0 aliphatic heterocycles. The number of hydrogen-bond donors (Lipinski definition) is 1. The van der Waals surface area contributed by atoms with Crippen LogP contribution >= 0.6 is 0 Å². The molecule has 0 unspecified atom stereocenters. The second-order valence-corrected chi connectivity index (χ2v) is 8.67. The summed E-state index contributed by atoms with van der Waals surface area (Å²) in [7, 11) is -0.381. The number of aromatic carboxylic acids is 1. The average molecular weight is 428 g/mol. The van der Waals surface area contributed by atoms with Crippen LogP contribution in [0.1, 0.15) is 20.7 Å². The van der Waals surface area contributed by atoms with Gasteiger partial charge in [-0.25, -0.2) is 9.59 Å². The number of carboxylic acid groups (broad SMARTS) is 1. The highest BCUT2D eigenvalue weighted by molar-refractivity contribution is 7.97. The summed E-state index contributed by atoms with van der Waals surface area (Å²) in [6.45, 7) is 0. The van der Waals surface area contributed by atoms with E-state index in [4.69, 9.17) is 4.74 Å². The van der Waals surface area contributed by atoms with Crippen molar-refractivity contribution in [2.75, 3.05) is 0 Å². The zero-order chi connectivity index (χ0) is 21.6. The molecule has 0 spiro atoms. The minimum absolute atomic E-state index is 0.0190. The first-order chi connectivity index (χ1) is 15.1. The van der Waals surface area contributed by atoms with Crippen molar-refractivity contribution in [2.45, 2.75) is 14.7 Å². The molecule has 4 rings (SSSR count). The zero-order valence-corrected chi connectivity index (χ0v) is 17.3. The molecule has 4 nitrogen and oxygen atoms in total. The van der Waals surface area contributed by atoms with Gasteiger partial charge < -0.3 is 9.84 Å². The highest BCUT2D eigenvalue weighted by Crippen LogP contribution is 2.32. The van der Waals surface area contributed by atoms with E-state index >= 15 is 0 Å². The number of benzene rings is 4. The SMILES string of the molecule is O=C(O)c1ccccc1C(=O)Oc1cccc([S+](c2ccccc2)c2ccccc2)c1. The highest BCUT2D eigenvalue weighted by Gasteiger charge is 2.29. The van der Waals surface area contributed by atoms with E-state index in [0.29, 0.717) is 5.75 Å². The van der Waals surface area contributed by atoms with Gasteiger partial charge in [0.05, 0.1) is 22.0 Å². The van der Waals surface area contributed by atoms with Gasteiger partial charge in [-0.1, -0.05) is 54.6 Å². The fourth-order valence-electron chi connectivity index (χ4n) is 3.20. The Morgan fingerprint density at radius 1 is 0.613 bits per heavy atom. The molecule has 0 bridgehead atoms. The second-order valence-electron chi connectivity index (χ2n) is 6.65. The van der Waals surface area contributed by atoms with Crippen molar-refractivity contribution in [3.8, 4) is 5.75 Å². The van der Waals surface area contributed by atoms with Gasteiger partial charge in [0, 0.05) is 6.07 Å². The third kappa shape index (κ3) is 4.68. The average Bonchev–Trinajstić information content (AvgIpc) is 2.81. The van der Waals surface area contributed by atoms with Crippen LogP contribution in [0.25, 0.3) is 0 Å². The van der Waals surface area contributed by atoms with Crippen molar-refractivity contribution in [2.24, 2.45) is 0 Å². The smallest absolute Gasteiger partial charge is 0.344 e. The van der Waals surface area contributed by atoms with E-state index in [1.165, 1.54) is 12.1 Å². The van der Waals surface area contributed by atoms with Crippen LogP contribution in [0.5, 0.6) is 5.75 Å². The van der Waals surface area contributed by atoms with Crippen LogP contribution in [0.3, 0.4) is 0 Å². The van der Waals surface area contributed by atoms with Crippen LogP contribution in [0, 0.1) is 0 Å². The summed E-state index contributed by atoms with van der Waals surface area (Å²) >= 11 is 0. The minimum Gasteiger partial charge on any atom is -0.478 e. The zero-order valence-electron chi connectivity index (χ0n) is 16.5. The molecule has 0 atom stereocenters. The lowest BCUT2D eigenvalue weighted by Crippen LogP contribution is -2.14. The summed E-state index contributed by atoms with van der Waals surface area (Å²) in [5.41, 5.74) is -0.0671. The summed E-state index contributed by atoms with van der Waals surface area (Å²) < 4.78 is 5.56. The number of carbonyl (C=O) groups is 2. The first-order valence-electron chi connectivity index (χ1n) is 9.62. The number of carbonyl (C=O) groups excluding carboxylic acids is 1. The molecule has 0 aromatic heterocycles. The Kier molecular flexibility index (Phi) is 6.15. The lowest BCUT2D eigenvalue weighted by molar-refractivity contribution is 0.0668. The fraction of sp³-hybridized carbons (Fsp3) is 0. The molecule has 0 aliphatic rings. The number of rotatable bonds is 6. The maximum Gasteiger partial charge on any atom is 0.344 e. The summed E-state index contributed by atoms with van der Waals surface area (Å²) in [4.78, 5) is 27.4. The largest absolute Gasteiger partial charge is 0.478 e. The Balaban J connectivity index is 1.69. The third-order valence-electron chi connectivity index (χ3n) is 4.59. The molecule has 152 valence electrons. The van der Waals surface area contributed by atoms with Gasteiger partial charge in [0.2, 0.25) is 0 Å². The van der Waals surface area contributed by atoms with Crippen LogP contribution in [-0.2, 0) is 10.9 Å². The molecule has 0 saturated heterocycles. The molecule has 4 aromatic carbocycles. The molecule has 5 heteroatoms. The van der Waals surface area contributed by atoms with Gasteiger partial charge in [-0.05, 0) is 48.5 Å². The Morgan fingerprint density at radius 3 is 1.71 bits per heavy atom. The van der Waals surface area contributed by atoms with E-state index in [9.17, 15) is 14.7 Å². The first-order valence-corrected chi connectivity index (χ1v) is 10.8. The number of esters is 1. The Hall–Kier alpha value is -3.83. The van der Waals surface area contributed by atoms with Gasteiger partial charge in [0.15, 0.2) is 14.7 Å². The predicted molar refractivity (Wildman–Crippen MR) is 120 cm³/mol. The monoisotopic (exact) mass is 427 g/mol. The molecule has 4 aromatic rings. The number of carboxylic acids is 1. The number of hydrogen-bond acceptors (Lipinski definition) is 3. The molecule has 0 radical (unpaired) electrons. The van der Waals surface area contributed by atoms with Crippen LogP contribution in [0.15, 0.2) is 124 Å². The lowest BCUT2D eigenvalue weighted by Gasteiger charge is -2.10. The molecule has 0 fully saturated rings. The van der Waals surface area contributed by atoms with Crippen LogP contribution < -0.4 is 4.74 Å². The molecule has 0 aliphatic carbocycles. The van der Waals surface area contributed by atoms with Crippen LogP contribution in [0.4, 0.5) is 0 Å². The van der Waals surface area contributed by atoms with Gasteiger partial charge in [0.1, 0.15) is 5.75 Å². The quantitative estimate of drug-likeness (QED) is 0.244. The third-order valence-corrected chi connectivity index (χ3v) is 6.80. The Bertz CT molecular complexity index is 1170. The lowest BCUT2D eigenvalue weighted by atomic mass is 10.1. The molecule has 0 heterocycles. The first kappa shape index (κ1) is 20.4. The van der Waals surface area contributed by atoms with E-state index < -0.39 is 11.9 Å². The van der Waals surface area contributed by atoms with E-state index in [2.05, 4.69) is 24.3 Å². The Labute approximate surface area is 183 Å². The van der Waals surface area contributed by atoms with Gasteiger partial charge >= 0.3 is 11.9 Å². The summed E-state index contributed by atoms with van der Waals surface area (Å²) in [6, 6.07) is 33.7. The fourth-order valence-corrected chi connectivity index (χ4v) is 5.32.